The first-order valence-electron chi connectivity index (χ1n) is 5.70. The first-order valence-corrected chi connectivity index (χ1v) is 6.82. The molecule has 1 aromatic carbocycles. The second-order valence-corrected chi connectivity index (χ2v) is 5.19. The molecule has 1 amide bonds. The Balaban J connectivity index is 2.11. The first kappa shape index (κ1) is 13.1. The summed E-state index contributed by atoms with van der Waals surface area (Å²) in [6.07, 6.45) is 0.166. The molecular formula is C13H14BrNO3. The van der Waals surface area contributed by atoms with Gasteiger partial charge in [-0.2, -0.15) is 0 Å². The van der Waals surface area contributed by atoms with Crippen LogP contribution in [0.2, 0.25) is 0 Å². The Morgan fingerprint density at radius 3 is 2.72 bits per heavy atom. The van der Waals surface area contributed by atoms with Crippen LogP contribution in [0.15, 0.2) is 30.3 Å². The number of hydrogen-bond donors (Lipinski definition) is 1. The second kappa shape index (κ2) is 5.10. The maximum atomic E-state index is 12.2. The normalized spacial score (nSPS) is 26.8. The van der Waals surface area contributed by atoms with Crippen molar-refractivity contribution in [1.82, 2.24) is 0 Å². The Hall–Kier alpha value is -1.36. The molecule has 0 radical (unpaired) electrons. The molecule has 2 rings (SSSR count). The van der Waals surface area contributed by atoms with Crippen LogP contribution in [-0.2, 0) is 14.3 Å². The van der Waals surface area contributed by atoms with E-state index in [-0.39, 0.29) is 12.0 Å². The quantitative estimate of drug-likeness (QED) is 0.529. The third kappa shape index (κ3) is 2.41. The molecule has 1 unspecified atom stereocenters. The minimum atomic E-state index is -1.10. The molecule has 0 aliphatic carbocycles. The van der Waals surface area contributed by atoms with E-state index in [4.69, 9.17) is 4.74 Å². The van der Waals surface area contributed by atoms with Crippen molar-refractivity contribution in [2.45, 2.75) is 19.4 Å². The molecule has 18 heavy (non-hydrogen) atoms. The lowest BCUT2D eigenvalue weighted by Gasteiger charge is -2.18. The van der Waals surface area contributed by atoms with Gasteiger partial charge in [0.15, 0.2) is 0 Å². The van der Waals surface area contributed by atoms with Crippen LogP contribution in [0.4, 0.5) is 5.69 Å². The number of ether oxygens (including phenoxy) is 1. The number of benzene rings is 1. The van der Waals surface area contributed by atoms with Crippen LogP contribution in [0.25, 0.3) is 0 Å². The Morgan fingerprint density at radius 2 is 2.17 bits per heavy atom. The van der Waals surface area contributed by atoms with Gasteiger partial charge in [0.1, 0.15) is 11.5 Å². The van der Waals surface area contributed by atoms with Gasteiger partial charge in [0, 0.05) is 17.4 Å². The Bertz CT molecular complexity index is 463. The highest BCUT2D eigenvalue weighted by Gasteiger charge is 2.50. The SMILES string of the molecule is C[C@@]1(C(=O)Nc2ccccc2)CC(CBr)OC1=O. The molecule has 2 atom stereocenters. The van der Waals surface area contributed by atoms with Gasteiger partial charge in [0.25, 0.3) is 0 Å². The van der Waals surface area contributed by atoms with Crippen molar-refractivity contribution in [2.75, 3.05) is 10.6 Å². The molecule has 4 nitrogen and oxygen atoms in total. The molecule has 1 heterocycles. The van der Waals surface area contributed by atoms with Crippen LogP contribution in [0.3, 0.4) is 0 Å². The van der Waals surface area contributed by atoms with E-state index in [0.29, 0.717) is 17.4 Å². The number of anilines is 1. The molecule has 1 saturated heterocycles. The Kier molecular flexibility index (Phi) is 3.71. The first-order chi connectivity index (χ1) is 8.56. The maximum Gasteiger partial charge on any atom is 0.321 e. The number of cyclic esters (lactones) is 1. The van der Waals surface area contributed by atoms with Crippen molar-refractivity contribution in [2.24, 2.45) is 5.41 Å². The van der Waals surface area contributed by atoms with Gasteiger partial charge >= 0.3 is 5.97 Å². The number of esters is 1. The topological polar surface area (TPSA) is 55.4 Å². The van der Waals surface area contributed by atoms with Gasteiger partial charge in [0.2, 0.25) is 5.91 Å². The van der Waals surface area contributed by atoms with Crippen molar-refractivity contribution in [3.8, 4) is 0 Å². The molecular weight excluding hydrogens is 298 g/mol. The minimum absolute atomic E-state index is 0.232. The number of nitrogens with one attached hydrogen (secondary N) is 1. The van der Waals surface area contributed by atoms with E-state index in [1.807, 2.05) is 18.2 Å². The highest BCUT2D eigenvalue weighted by Crippen LogP contribution is 2.35. The summed E-state index contributed by atoms with van der Waals surface area (Å²) in [5, 5.41) is 3.29. The third-order valence-corrected chi connectivity index (χ3v) is 3.79. The number of carbonyl (C=O) groups is 2. The number of para-hydroxylation sites is 1. The number of halogens is 1. The molecule has 1 aliphatic rings. The van der Waals surface area contributed by atoms with E-state index in [2.05, 4.69) is 21.2 Å². The van der Waals surface area contributed by atoms with Crippen LogP contribution >= 0.6 is 15.9 Å². The number of carbonyl (C=O) groups excluding carboxylic acids is 2. The summed E-state index contributed by atoms with van der Waals surface area (Å²) in [5.41, 5.74) is -0.423. The van der Waals surface area contributed by atoms with E-state index in [1.165, 1.54) is 0 Å². The van der Waals surface area contributed by atoms with Gasteiger partial charge in [-0.25, -0.2) is 0 Å². The van der Waals surface area contributed by atoms with Crippen molar-refractivity contribution in [1.29, 1.82) is 0 Å². The van der Waals surface area contributed by atoms with E-state index in [9.17, 15) is 9.59 Å². The fourth-order valence-electron chi connectivity index (χ4n) is 1.92. The number of hydrogen-bond acceptors (Lipinski definition) is 3. The largest absolute Gasteiger partial charge is 0.461 e. The van der Waals surface area contributed by atoms with Crippen LogP contribution in [0, 0.1) is 5.41 Å². The molecule has 5 heteroatoms. The number of alkyl halides is 1. The van der Waals surface area contributed by atoms with Gasteiger partial charge in [-0.15, -0.1) is 0 Å². The predicted molar refractivity (Wildman–Crippen MR) is 71.5 cm³/mol. The minimum Gasteiger partial charge on any atom is -0.461 e. The summed E-state index contributed by atoms with van der Waals surface area (Å²) in [5.74, 6) is -0.775. The van der Waals surface area contributed by atoms with Crippen LogP contribution in [0.1, 0.15) is 13.3 Å². The maximum absolute atomic E-state index is 12.2. The zero-order valence-electron chi connectivity index (χ0n) is 9.98. The standard InChI is InChI=1S/C13H14BrNO3/c1-13(7-10(8-14)18-12(13)17)11(16)15-9-5-3-2-4-6-9/h2-6,10H,7-8H2,1H3,(H,15,16)/t10?,13-/m0/s1. The average molecular weight is 312 g/mol. The molecule has 1 N–H and O–H groups in total. The summed E-state index contributed by atoms with van der Waals surface area (Å²) >= 11 is 3.26. The van der Waals surface area contributed by atoms with Gasteiger partial charge in [-0.3, -0.25) is 9.59 Å². The molecule has 0 saturated carbocycles. The molecule has 1 aromatic rings. The van der Waals surface area contributed by atoms with Gasteiger partial charge in [-0.1, -0.05) is 34.1 Å². The smallest absolute Gasteiger partial charge is 0.321 e. The van der Waals surface area contributed by atoms with Crippen LogP contribution in [0.5, 0.6) is 0 Å². The predicted octanol–water partition coefficient (Wildman–Crippen LogP) is 2.34. The second-order valence-electron chi connectivity index (χ2n) is 4.54. The van der Waals surface area contributed by atoms with Crippen molar-refractivity contribution >= 4 is 33.5 Å². The molecule has 96 valence electrons. The highest BCUT2D eigenvalue weighted by molar-refractivity contribution is 9.09. The Morgan fingerprint density at radius 1 is 1.50 bits per heavy atom. The molecule has 0 spiro atoms. The fraction of sp³-hybridized carbons (Fsp3) is 0.385. The van der Waals surface area contributed by atoms with E-state index in [1.54, 1.807) is 19.1 Å². The number of rotatable bonds is 3. The summed E-state index contributed by atoms with van der Waals surface area (Å²) in [6.45, 7) is 1.62. The summed E-state index contributed by atoms with van der Waals surface area (Å²) in [7, 11) is 0. The zero-order chi connectivity index (χ0) is 13.2. The Labute approximate surface area is 114 Å². The highest BCUT2D eigenvalue weighted by atomic mass is 79.9. The van der Waals surface area contributed by atoms with E-state index in [0.717, 1.165) is 0 Å². The van der Waals surface area contributed by atoms with Crippen molar-refractivity contribution < 1.29 is 14.3 Å². The van der Waals surface area contributed by atoms with Crippen LogP contribution in [-0.4, -0.2) is 23.3 Å². The summed E-state index contributed by atoms with van der Waals surface area (Å²) < 4.78 is 5.14. The monoisotopic (exact) mass is 311 g/mol. The van der Waals surface area contributed by atoms with Gasteiger partial charge < -0.3 is 10.1 Å². The fourth-order valence-corrected chi connectivity index (χ4v) is 2.28. The molecule has 1 fully saturated rings. The molecule has 1 aliphatic heterocycles. The van der Waals surface area contributed by atoms with Crippen LogP contribution < -0.4 is 5.32 Å². The lowest BCUT2D eigenvalue weighted by atomic mass is 9.86. The summed E-state index contributed by atoms with van der Waals surface area (Å²) in [6, 6.07) is 9.08. The molecule has 0 aromatic heterocycles. The van der Waals surface area contributed by atoms with E-state index < -0.39 is 11.4 Å². The van der Waals surface area contributed by atoms with Crippen molar-refractivity contribution in [3.63, 3.8) is 0 Å². The zero-order valence-corrected chi connectivity index (χ0v) is 11.6. The lowest BCUT2D eigenvalue weighted by molar-refractivity contribution is -0.150. The lowest BCUT2D eigenvalue weighted by Crippen LogP contribution is -2.37. The van der Waals surface area contributed by atoms with Crippen molar-refractivity contribution in [3.05, 3.63) is 30.3 Å². The third-order valence-electron chi connectivity index (χ3n) is 3.07. The van der Waals surface area contributed by atoms with Gasteiger partial charge in [-0.05, 0) is 19.1 Å². The number of amides is 1. The average Bonchev–Trinajstić information content (AvgIpc) is 2.68. The van der Waals surface area contributed by atoms with Gasteiger partial charge in [0.05, 0.1) is 0 Å². The summed E-state index contributed by atoms with van der Waals surface area (Å²) in [4.78, 5) is 24.0. The molecule has 0 bridgehead atoms. The van der Waals surface area contributed by atoms with E-state index >= 15 is 0 Å².